The summed E-state index contributed by atoms with van der Waals surface area (Å²) in [4.78, 5) is 4.27. The Bertz CT molecular complexity index is 838. The summed E-state index contributed by atoms with van der Waals surface area (Å²) in [6.45, 7) is 0. The Morgan fingerprint density at radius 1 is 0.545 bits per heavy atom. The van der Waals surface area contributed by atoms with Crippen molar-refractivity contribution in [2.75, 3.05) is 0 Å². The van der Waals surface area contributed by atoms with Gasteiger partial charge in [0.05, 0.1) is 0 Å². The van der Waals surface area contributed by atoms with Gasteiger partial charge in [-0.15, -0.1) is 0 Å². The summed E-state index contributed by atoms with van der Waals surface area (Å²) in [5.41, 5.74) is 4.88. The average molecular weight is 281 g/mol. The van der Waals surface area contributed by atoms with Crippen molar-refractivity contribution in [1.29, 1.82) is 0 Å². The summed E-state index contributed by atoms with van der Waals surface area (Å²) in [6, 6.07) is 27.6. The molecule has 1 heterocycles. The fourth-order valence-corrected chi connectivity index (χ4v) is 2.96. The molecule has 1 nitrogen and oxygen atoms in total. The Labute approximate surface area is 129 Å². The summed E-state index contributed by atoms with van der Waals surface area (Å²) < 4.78 is 0. The minimum absolute atomic E-state index is 1.15. The maximum absolute atomic E-state index is 4.27. The van der Waals surface area contributed by atoms with Crippen LogP contribution in [0, 0.1) is 0 Å². The van der Waals surface area contributed by atoms with Crippen molar-refractivity contribution < 1.29 is 0 Å². The van der Waals surface area contributed by atoms with Crippen LogP contribution in [0.5, 0.6) is 0 Å². The predicted octanol–water partition coefficient (Wildman–Crippen LogP) is 5.57. The Morgan fingerprint density at radius 3 is 1.91 bits per heavy atom. The SMILES string of the molecule is c1ccc(-c2cccc3cccc(-c4cccnc4)c23)cc1. The van der Waals surface area contributed by atoms with Crippen molar-refractivity contribution in [3.8, 4) is 22.3 Å². The van der Waals surface area contributed by atoms with E-state index in [-0.39, 0.29) is 0 Å². The van der Waals surface area contributed by atoms with Gasteiger partial charge in [0, 0.05) is 18.0 Å². The van der Waals surface area contributed by atoms with E-state index >= 15 is 0 Å². The topological polar surface area (TPSA) is 12.9 Å². The lowest BCUT2D eigenvalue weighted by Gasteiger charge is -2.12. The summed E-state index contributed by atoms with van der Waals surface area (Å²) >= 11 is 0. The van der Waals surface area contributed by atoms with E-state index in [4.69, 9.17) is 0 Å². The standard InChI is InChI=1S/C21H15N/c1-2-7-16(8-3-1)19-12-4-9-17-10-5-13-20(21(17)19)18-11-6-14-22-15-18/h1-15H. The quantitative estimate of drug-likeness (QED) is 0.468. The number of aromatic nitrogens is 1. The lowest BCUT2D eigenvalue weighted by atomic mass is 9.92. The second-order valence-electron chi connectivity index (χ2n) is 5.32. The number of pyridine rings is 1. The van der Waals surface area contributed by atoms with Gasteiger partial charge in [0.2, 0.25) is 0 Å². The normalized spacial score (nSPS) is 10.7. The van der Waals surface area contributed by atoms with E-state index in [1.807, 2.05) is 18.5 Å². The molecule has 0 unspecified atom stereocenters. The predicted molar refractivity (Wildman–Crippen MR) is 92.6 cm³/mol. The molecule has 0 bridgehead atoms. The minimum Gasteiger partial charge on any atom is -0.264 e. The molecule has 22 heavy (non-hydrogen) atoms. The van der Waals surface area contributed by atoms with E-state index in [0.29, 0.717) is 0 Å². The van der Waals surface area contributed by atoms with Crippen molar-refractivity contribution in [2.45, 2.75) is 0 Å². The minimum atomic E-state index is 1.15. The first kappa shape index (κ1) is 12.8. The van der Waals surface area contributed by atoms with Crippen molar-refractivity contribution >= 4 is 10.8 Å². The number of rotatable bonds is 2. The molecule has 0 N–H and O–H groups in total. The van der Waals surface area contributed by atoms with Crippen LogP contribution in [0.2, 0.25) is 0 Å². The first-order valence-corrected chi connectivity index (χ1v) is 7.41. The van der Waals surface area contributed by atoms with Crippen LogP contribution in [0.4, 0.5) is 0 Å². The first-order chi connectivity index (χ1) is 10.9. The molecule has 0 spiro atoms. The smallest absolute Gasteiger partial charge is 0.0346 e. The highest BCUT2D eigenvalue weighted by atomic mass is 14.6. The van der Waals surface area contributed by atoms with Gasteiger partial charge in [-0.05, 0) is 33.5 Å². The molecule has 0 aliphatic heterocycles. The van der Waals surface area contributed by atoms with Crippen LogP contribution in [-0.4, -0.2) is 4.98 Å². The first-order valence-electron chi connectivity index (χ1n) is 7.41. The Hall–Kier alpha value is -2.93. The van der Waals surface area contributed by atoms with Crippen LogP contribution < -0.4 is 0 Å². The fraction of sp³-hybridized carbons (Fsp3) is 0. The molecule has 0 fully saturated rings. The third-order valence-corrected chi connectivity index (χ3v) is 3.96. The lowest BCUT2D eigenvalue weighted by molar-refractivity contribution is 1.33. The molecule has 1 aromatic heterocycles. The van der Waals surface area contributed by atoms with Crippen molar-refractivity contribution in [2.24, 2.45) is 0 Å². The Morgan fingerprint density at radius 2 is 1.23 bits per heavy atom. The largest absolute Gasteiger partial charge is 0.264 e. The zero-order chi connectivity index (χ0) is 14.8. The summed E-state index contributed by atoms with van der Waals surface area (Å²) in [5.74, 6) is 0. The van der Waals surface area contributed by atoms with E-state index in [0.717, 1.165) is 5.56 Å². The second-order valence-corrected chi connectivity index (χ2v) is 5.32. The lowest BCUT2D eigenvalue weighted by Crippen LogP contribution is -1.86. The number of fused-ring (bicyclic) bond motifs is 1. The third-order valence-electron chi connectivity index (χ3n) is 3.96. The zero-order valence-corrected chi connectivity index (χ0v) is 12.1. The third kappa shape index (κ3) is 2.17. The van der Waals surface area contributed by atoms with Crippen molar-refractivity contribution in [1.82, 2.24) is 4.98 Å². The zero-order valence-electron chi connectivity index (χ0n) is 12.1. The van der Waals surface area contributed by atoms with Crippen LogP contribution in [0.3, 0.4) is 0 Å². The van der Waals surface area contributed by atoms with E-state index in [2.05, 4.69) is 77.8 Å². The van der Waals surface area contributed by atoms with Crippen LogP contribution in [0.15, 0.2) is 91.3 Å². The highest BCUT2D eigenvalue weighted by Gasteiger charge is 2.09. The number of benzene rings is 3. The number of hydrogen-bond acceptors (Lipinski definition) is 1. The Kier molecular flexibility index (Phi) is 3.17. The van der Waals surface area contributed by atoms with E-state index in [1.165, 1.54) is 27.5 Å². The number of hydrogen-bond donors (Lipinski definition) is 0. The van der Waals surface area contributed by atoms with Gasteiger partial charge >= 0.3 is 0 Å². The molecule has 0 radical (unpaired) electrons. The van der Waals surface area contributed by atoms with Gasteiger partial charge in [0.1, 0.15) is 0 Å². The molecule has 0 atom stereocenters. The van der Waals surface area contributed by atoms with Gasteiger partial charge in [-0.3, -0.25) is 4.98 Å². The van der Waals surface area contributed by atoms with E-state index in [1.54, 1.807) is 0 Å². The van der Waals surface area contributed by atoms with Gasteiger partial charge in [0.25, 0.3) is 0 Å². The van der Waals surface area contributed by atoms with Crippen LogP contribution >= 0.6 is 0 Å². The average Bonchev–Trinajstić information content (AvgIpc) is 2.62. The fourth-order valence-electron chi connectivity index (χ4n) is 2.96. The number of nitrogens with zero attached hydrogens (tertiary/aromatic N) is 1. The summed E-state index contributed by atoms with van der Waals surface area (Å²) in [7, 11) is 0. The van der Waals surface area contributed by atoms with Gasteiger partial charge < -0.3 is 0 Å². The van der Waals surface area contributed by atoms with Gasteiger partial charge in [-0.25, -0.2) is 0 Å². The monoisotopic (exact) mass is 281 g/mol. The molecular formula is C21H15N. The molecule has 1 heteroatoms. The van der Waals surface area contributed by atoms with Gasteiger partial charge in [-0.2, -0.15) is 0 Å². The van der Waals surface area contributed by atoms with Crippen LogP contribution in [0.25, 0.3) is 33.0 Å². The van der Waals surface area contributed by atoms with E-state index < -0.39 is 0 Å². The molecule has 104 valence electrons. The highest BCUT2D eigenvalue weighted by Crippen LogP contribution is 2.35. The maximum atomic E-state index is 4.27. The molecular weight excluding hydrogens is 266 g/mol. The highest BCUT2D eigenvalue weighted by molar-refractivity contribution is 6.06. The molecule has 4 rings (SSSR count). The maximum Gasteiger partial charge on any atom is 0.0346 e. The summed E-state index contributed by atoms with van der Waals surface area (Å²) in [5, 5.41) is 2.53. The Balaban J connectivity index is 2.07. The molecule has 4 aromatic rings. The summed E-state index contributed by atoms with van der Waals surface area (Å²) in [6.07, 6.45) is 3.74. The molecule has 3 aromatic carbocycles. The van der Waals surface area contributed by atoms with Crippen molar-refractivity contribution in [3.05, 3.63) is 91.3 Å². The molecule has 0 amide bonds. The molecule has 0 aliphatic rings. The molecule has 0 aliphatic carbocycles. The van der Waals surface area contributed by atoms with E-state index in [9.17, 15) is 0 Å². The van der Waals surface area contributed by atoms with Crippen molar-refractivity contribution in [3.63, 3.8) is 0 Å². The van der Waals surface area contributed by atoms with Crippen LogP contribution in [-0.2, 0) is 0 Å². The van der Waals surface area contributed by atoms with Gasteiger partial charge in [0.15, 0.2) is 0 Å². The molecule has 0 saturated heterocycles. The molecule has 0 saturated carbocycles. The second kappa shape index (κ2) is 5.45. The van der Waals surface area contributed by atoms with Gasteiger partial charge in [-0.1, -0.05) is 72.8 Å². The van der Waals surface area contributed by atoms with Crippen LogP contribution in [0.1, 0.15) is 0 Å².